The van der Waals surface area contributed by atoms with Gasteiger partial charge in [-0.25, -0.2) is 9.80 Å². The van der Waals surface area contributed by atoms with Crippen molar-refractivity contribution in [3.05, 3.63) is 118 Å². The summed E-state index contributed by atoms with van der Waals surface area (Å²) in [6, 6.07) is 22.3. The van der Waals surface area contributed by atoms with E-state index in [0.29, 0.717) is 33.6 Å². The lowest BCUT2D eigenvalue weighted by Crippen LogP contribution is -2.29. The van der Waals surface area contributed by atoms with Gasteiger partial charge in [0.25, 0.3) is 23.6 Å². The molecule has 0 bridgehead atoms. The minimum Gasteiger partial charge on any atom is -0.295 e. The van der Waals surface area contributed by atoms with Crippen LogP contribution in [0.4, 0.5) is 11.4 Å². The zero-order valence-corrected chi connectivity index (χ0v) is 21.4. The van der Waals surface area contributed by atoms with Crippen molar-refractivity contribution in [3.63, 3.8) is 0 Å². The van der Waals surface area contributed by atoms with Crippen LogP contribution in [-0.4, -0.2) is 35.2 Å². The number of imide groups is 2. The molecule has 6 rings (SSSR count). The lowest BCUT2D eigenvalue weighted by Gasteiger charge is -2.14. The topological polar surface area (TPSA) is 109 Å². The average molecular weight is 529 g/mol. The molecule has 0 N–H and O–H groups in total. The molecule has 2 heterocycles. The normalized spacial score (nSPS) is 14.1. The average Bonchev–Trinajstić information content (AvgIpc) is 3.36. The number of hydrogen-bond donors (Lipinski definition) is 0. The van der Waals surface area contributed by atoms with Crippen molar-refractivity contribution in [2.75, 3.05) is 9.80 Å². The Balaban J connectivity index is 1.34. The highest BCUT2D eigenvalue weighted by Crippen LogP contribution is 2.35. The van der Waals surface area contributed by atoms with Gasteiger partial charge < -0.3 is 0 Å². The minimum absolute atomic E-state index is 0.185. The highest BCUT2D eigenvalue weighted by atomic mass is 16.2. The number of rotatable bonds is 5. The summed E-state index contributed by atoms with van der Waals surface area (Å²) in [5, 5.41) is 0. The SMILES string of the molecule is CC(=O)c1cccc(N2C(=O)c3ccc(-c4ccc5c(c4)C(=O)N(c4cccc(C(C)=O)c4)C5=O)cc3C2=O)c1. The number of nitrogens with zero attached hydrogens (tertiary/aromatic N) is 2. The Bertz CT molecular complexity index is 1720. The number of carbonyl (C=O) groups is 6. The molecule has 4 aromatic rings. The summed E-state index contributed by atoms with van der Waals surface area (Å²) >= 11 is 0. The van der Waals surface area contributed by atoms with E-state index < -0.39 is 23.6 Å². The van der Waals surface area contributed by atoms with Crippen LogP contribution in [0.3, 0.4) is 0 Å². The van der Waals surface area contributed by atoms with E-state index >= 15 is 0 Å². The van der Waals surface area contributed by atoms with E-state index in [2.05, 4.69) is 0 Å². The quantitative estimate of drug-likeness (QED) is 0.255. The maximum Gasteiger partial charge on any atom is 0.266 e. The van der Waals surface area contributed by atoms with Crippen LogP contribution in [0.1, 0.15) is 76.0 Å². The second kappa shape index (κ2) is 9.06. The molecule has 194 valence electrons. The van der Waals surface area contributed by atoms with Crippen LogP contribution in [0.5, 0.6) is 0 Å². The van der Waals surface area contributed by atoms with Crippen molar-refractivity contribution in [2.45, 2.75) is 13.8 Å². The molecule has 40 heavy (non-hydrogen) atoms. The Labute approximate surface area is 228 Å². The van der Waals surface area contributed by atoms with Gasteiger partial charge in [-0.1, -0.05) is 36.4 Å². The first-order valence-electron chi connectivity index (χ1n) is 12.4. The Morgan fingerprint density at radius 1 is 0.475 bits per heavy atom. The van der Waals surface area contributed by atoms with Gasteiger partial charge >= 0.3 is 0 Å². The molecule has 0 saturated heterocycles. The molecule has 2 aliphatic heterocycles. The lowest BCUT2D eigenvalue weighted by molar-refractivity contribution is 0.0910. The Hall–Kier alpha value is -5.50. The first-order chi connectivity index (χ1) is 19.2. The van der Waals surface area contributed by atoms with Gasteiger partial charge in [0, 0.05) is 11.1 Å². The molecule has 0 aliphatic carbocycles. The maximum absolute atomic E-state index is 13.3. The van der Waals surface area contributed by atoms with E-state index in [0.717, 1.165) is 9.80 Å². The van der Waals surface area contributed by atoms with Crippen LogP contribution in [-0.2, 0) is 0 Å². The summed E-state index contributed by atoms with van der Waals surface area (Å²) in [5.41, 5.74) is 3.38. The predicted molar refractivity (Wildman–Crippen MR) is 147 cm³/mol. The number of hydrogen-bond acceptors (Lipinski definition) is 6. The summed E-state index contributed by atoms with van der Waals surface area (Å²) in [5.74, 6) is -2.40. The van der Waals surface area contributed by atoms with Gasteiger partial charge in [0.1, 0.15) is 0 Å². The van der Waals surface area contributed by atoms with Gasteiger partial charge in [-0.15, -0.1) is 0 Å². The summed E-state index contributed by atoms with van der Waals surface area (Å²) in [7, 11) is 0. The van der Waals surface area contributed by atoms with Crippen LogP contribution >= 0.6 is 0 Å². The molecule has 0 unspecified atom stereocenters. The number of benzene rings is 4. The highest BCUT2D eigenvalue weighted by molar-refractivity contribution is 6.36. The van der Waals surface area contributed by atoms with Gasteiger partial charge in [0.05, 0.1) is 33.6 Å². The maximum atomic E-state index is 13.3. The fourth-order valence-corrected chi connectivity index (χ4v) is 5.04. The fraction of sp³-hybridized carbons (Fsp3) is 0.0625. The molecule has 2 aliphatic rings. The second-order valence-corrected chi connectivity index (χ2v) is 9.63. The Morgan fingerprint density at radius 2 is 0.850 bits per heavy atom. The number of Topliss-reactive ketones (excluding diaryl/α,β-unsaturated/α-hetero) is 2. The number of carbonyl (C=O) groups excluding carboxylic acids is 6. The standard InChI is InChI=1S/C32H20N2O6/c1-17(35)19-5-3-7-23(13-19)33-29(37)25-11-9-21(15-27(25)31(33)39)22-10-12-26-28(16-22)32(40)34(30(26)38)24-8-4-6-20(14-24)18(2)36/h3-16H,1-2H3. The third-order valence-corrected chi connectivity index (χ3v) is 7.13. The van der Waals surface area contributed by atoms with Crippen LogP contribution in [0, 0.1) is 0 Å². The molecular formula is C32H20N2O6. The predicted octanol–water partition coefficient (Wildman–Crippen LogP) is 5.36. The molecule has 0 atom stereocenters. The summed E-state index contributed by atoms with van der Waals surface area (Å²) in [4.78, 5) is 78.6. The lowest BCUT2D eigenvalue weighted by atomic mass is 9.97. The van der Waals surface area contributed by atoms with Crippen molar-refractivity contribution in [2.24, 2.45) is 0 Å². The summed E-state index contributed by atoms with van der Waals surface area (Å²) in [6.07, 6.45) is 0. The third kappa shape index (κ3) is 3.77. The van der Waals surface area contributed by atoms with Crippen LogP contribution in [0.15, 0.2) is 84.9 Å². The number of amides is 4. The Morgan fingerprint density at radius 3 is 1.23 bits per heavy atom. The van der Waals surface area contributed by atoms with Gasteiger partial charge in [0.15, 0.2) is 11.6 Å². The first-order valence-corrected chi connectivity index (χ1v) is 12.4. The zero-order chi connectivity index (χ0) is 28.3. The molecule has 8 heteroatoms. The molecule has 0 fully saturated rings. The van der Waals surface area contributed by atoms with Crippen molar-refractivity contribution in [1.82, 2.24) is 0 Å². The van der Waals surface area contributed by atoms with Crippen molar-refractivity contribution in [3.8, 4) is 11.1 Å². The molecule has 4 aromatic carbocycles. The van der Waals surface area contributed by atoms with Crippen molar-refractivity contribution < 1.29 is 28.8 Å². The molecule has 0 radical (unpaired) electrons. The van der Waals surface area contributed by atoms with Gasteiger partial charge in [0.2, 0.25) is 0 Å². The largest absolute Gasteiger partial charge is 0.295 e. The monoisotopic (exact) mass is 528 g/mol. The van der Waals surface area contributed by atoms with Crippen LogP contribution in [0.2, 0.25) is 0 Å². The first kappa shape index (κ1) is 24.8. The van der Waals surface area contributed by atoms with Crippen molar-refractivity contribution >= 4 is 46.6 Å². The summed E-state index contributed by atoms with van der Waals surface area (Å²) < 4.78 is 0. The Kier molecular flexibility index (Phi) is 5.62. The molecule has 0 saturated carbocycles. The number of ketones is 2. The van der Waals surface area contributed by atoms with E-state index in [9.17, 15) is 28.8 Å². The summed E-state index contributed by atoms with van der Waals surface area (Å²) in [6.45, 7) is 2.82. The van der Waals surface area contributed by atoms with Crippen molar-refractivity contribution in [1.29, 1.82) is 0 Å². The highest BCUT2D eigenvalue weighted by Gasteiger charge is 2.39. The number of fused-ring (bicyclic) bond motifs is 2. The van der Waals surface area contributed by atoms with Crippen LogP contribution < -0.4 is 9.80 Å². The minimum atomic E-state index is -0.522. The van der Waals surface area contributed by atoms with E-state index in [1.807, 2.05) is 0 Å². The van der Waals surface area contributed by atoms with Gasteiger partial charge in [-0.3, -0.25) is 28.8 Å². The fourth-order valence-electron chi connectivity index (χ4n) is 5.04. The van der Waals surface area contributed by atoms with Gasteiger partial charge in [-0.05, 0) is 73.5 Å². The molecule has 8 nitrogen and oxygen atoms in total. The smallest absolute Gasteiger partial charge is 0.266 e. The number of anilines is 2. The third-order valence-electron chi connectivity index (χ3n) is 7.13. The van der Waals surface area contributed by atoms with E-state index in [1.165, 1.54) is 26.0 Å². The zero-order valence-electron chi connectivity index (χ0n) is 21.4. The second-order valence-electron chi connectivity index (χ2n) is 9.63. The van der Waals surface area contributed by atoms with E-state index in [1.54, 1.807) is 72.8 Å². The van der Waals surface area contributed by atoms with Crippen LogP contribution in [0.25, 0.3) is 11.1 Å². The van der Waals surface area contributed by atoms with Gasteiger partial charge in [-0.2, -0.15) is 0 Å². The van der Waals surface area contributed by atoms with E-state index in [4.69, 9.17) is 0 Å². The molecular weight excluding hydrogens is 508 g/mol. The van der Waals surface area contributed by atoms with E-state index in [-0.39, 0.29) is 33.8 Å². The molecule has 4 amide bonds. The molecule has 0 spiro atoms. The molecule has 0 aromatic heterocycles.